The van der Waals surface area contributed by atoms with Crippen LogP contribution in [0.15, 0.2) is 54.6 Å². The summed E-state index contributed by atoms with van der Waals surface area (Å²) in [6, 6.07) is 20.2. The molecule has 1 N–H and O–H groups in total. The van der Waals surface area contributed by atoms with Gasteiger partial charge in [0.1, 0.15) is 0 Å². The second-order valence-corrected chi connectivity index (χ2v) is 8.05. The van der Waals surface area contributed by atoms with E-state index in [1.54, 1.807) is 0 Å². The average Bonchev–Trinajstić information content (AvgIpc) is 3.12. The Bertz CT molecular complexity index is 673. The third kappa shape index (κ3) is 3.65. The van der Waals surface area contributed by atoms with Crippen molar-refractivity contribution in [3.63, 3.8) is 0 Å². The first-order valence-electron chi connectivity index (χ1n) is 9.74. The molecule has 0 saturated carbocycles. The van der Waals surface area contributed by atoms with Crippen molar-refractivity contribution in [3.05, 3.63) is 71.3 Å². The Morgan fingerprint density at radius 2 is 1.64 bits per heavy atom. The molecule has 132 valence electrons. The van der Waals surface area contributed by atoms with Gasteiger partial charge in [0, 0.05) is 24.6 Å². The minimum absolute atomic E-state index is 0.0723. The number of hydrogen-bond donors (Lipinski definition) is 1. The second kappa shape index (κ2) is 7.31. The quantitative estimate of drug-likeness (QED) is 0.897. The van der Waals surface area contributed by atoms with E-state index in [-0.39, 0.29) is 5.41 Å². The van der Waals surface area contributed by atoms with E-state index in [9.17, 15) is 5.11 Å². The van der Waals surface area contributed by atoms with Gasteiger partial charge in [0.25, 0.3) is 0 Å². The van der Waals surface area contributed by atoms with Crippen LogP contribution < -0.4 is 0 Å². The Labute approximate surface area is 151 Å². The molecule has 0 amide bonds. The Morgan fingerprint density at radius 3 is 2.32 bits per heavy atom. The SMILES string of the molecule is OC[C@@]1(CCc2ccccc2)CCCN(C2Cc3ccccc3C2)C1. The fraction of sp³-hybridized carbons (Fsp3) is 0.478. The molecule has 0 unspecified atom stereocenters. The summed E-state index contributed by atoms with van der Waals surface area (Å²) in [4.78, 5) is 2.67. The van der Waals surface area contributed by atoms with Gasteiger partial charge in [-0.2, -0.15) is 0 Å². The van der Waals surface area contributed by atoms with E-state index in [4.69, 9.17) is 0 Å². The van der Waals surface area contributed by atoms with Crippen LogP contribution in [0.25, 0.3) is 0 Å². The van der Waals surface area contributed by atoms with Crippen LogP contribution in [0.5, 0.6) is 0 Å². The van der Waals surface area contributed by atoms with Gasteiger partial charge in [0.2, 0.25) is 0 Å². The predicted molar refractivity (Wildman–Crippen MR) is 103 cm³/mol. The molecule has 2 heteroatoms. The van der Waals surface area contributed by atoms with Crippen molar-refractivity contribution in [2.75, 3.05) is 19.7 Å². The maximum atomic E-state index is 10.2. The van der Waals surface area contributed by atoms with Gasteiger partial charge in [0.05, 0.1) is 0 Å². The van der Waals surface area contributed by atoms with Gasteiger partial charge >= 0.3 is 0 Å². The summed E-state index contributed by atoms with van der Waals surface area (Å²) >= 11 is 0. The number of aliphatic hydroxyl groups is 1. The smallest absolute Gasteiger partial charge is 0.0499 e. The van der Waals surface area contributed by atoms with Gasteiger partial charge in [-0.1, -0.05) is 54.6 Å². The van der Waals surface area contributed by atoms with E-state index in [0.717, 1.165) is 25.8 Å². The number of nitrogens with zero attached hydrogens (tertiary/aromatic N) is 1. The van der Waals surface area contributed by atoms with E-state index in [2.05, 4.69) is 59.5 Å². The van der Waals surface area contributed by atoms with Crippen LogP contribution in [0, 0.1) is 5.41 Å². The van der Waals surface area contributed by atoms with Crippen molar-refractivity contribution in [1.29, 1.82) is 0 Å². The average molecular weight is 335 g/mol. The normalized spacial score (nSPS) is 24.4. The summed E-state index contributed by atoms with van der Waals surface area (Å²) in [5, 5.41) is 10.2. The van der Waals surface area contributed by atoms with Crippen molar-refractivity contribution in [1.82, 2.24) is 4.90 Å². The first kappa shape index (κ1) is 16.8. The Kier molecular flexibility index (Phi) is 4.91. The number of likely N-dealkylation sites (tertiary alicyclic amines) is 1. The minimum Gasteiger partial charge on any atom is -0.396 e. The lowest BCUT2D eigenvalue weighted by molar-refractivity contribution is 0.00840. The van der Waals surface area contributed by atoms with Crippen LogP contribution in [0.3, 0.4) is 0 Å². The molecule has 2 aromatic rings. The van der Waals surface area contributed by atoms with Crippen LogP contribution >= 0.6 is 0 Å². The molecule has 4 rings (SSSR count). The van der Waals surface area contributed by atoms with Gasteiger partial charge in [-0.15, -0.1) is 0 Å². The van der Waals surface area contributed by atoms with E-state index < -0.39 is 0 Å². The van der Waals surface area contributed by atoms with Gasteiger partial charge in [-0.3, -0.25) is 4.90 Å². The standard InChI is InChI=1S/C23H29NO/c25-18-23(13-11-19-7-2-1-3-8-19)12-6-14-24(17-23)22-15-20-9-4-5-10-21(20)16-22/h1-5,7-10,22,25H,6,11-18H2/t23-/m1/s1. The van der Waals surface area contributed by atoms with E-state index in [1.165, 1.54) is 42.5 Å². The highest BCUT2D eigenvalue weighted by molar-refractivity contribution is 5.33. The van der Waals surface area contributed by atoms with Crippen molar-refractivity contribution in [2.45, 2.75) is 44.6 Å². The van der Waals surface area contributed by atoms with Gasteiger partial charge in [-0.25, -0.2) is 0 Å². The highest BCUT2D eigenvalue weighted by Gasteiger charge is 2.38. The molecule has 2 nitrogen and oxygen atoms in total. The zero-order valence-electron chi connectivity index (χ0n) is 15.0. The third-order valence-electron chi connectivity index (χ3n) is 6.36. The molecule has 1 saturated heterocycles. The molecule has 0 spiro atoms. The summed E-state index contributed by atoms with van der Waals surface area (Å²) in [5.74, 6) is 0. The number of aryl methyl sites for hydroxylation is 1. The summed E-state index contributed by atoms with van der Waals surface area (Å²) in [7, 11) is 0. The monoisotopic (exact) mass is 335 g/mol. The minimum atomic E-state index is 0.0723. The first-order valence-corrected chi connectivity index (χ1v) is 9.74. The molecule has 1 fully saturated rings. The molecule has 0 bridgehead atoms. The molecule has 1 aliphatic carbocycles. The van der Waals surface area contributed by atoms with Crippen molar-refractivity contribution < 1.29 is 5.11 Å². The van der Waals surface area contributed by atoms with Crippen molar-refractivity contribution in [3.8, 4) is 0 Å². The molecule has 25 heavy (non-hydrogen) atoms. The van der Waals surface area contributed by atoms with Crippen molar-refractivity contribution in [2.24, 2.45) is 5.41 Å². The summed E-state index contributed by atoms with van der Waals surface area (Å²) < 4.78 is 0. The summed E-state index contributed by atoms with van der Waals surface area (Å²) in [6.45, 7) is 2.55. The lowest BCUT2D eigenvalue weighted by atomic mass is 9.75. The zero-order valence-corrected chi connectivity index (χ0v) is 15.0. The first-order chi connectivity index (χ1) is 12.3. The van der Waals surface area contributed by atoms with Gasteiger partial charge in [0.15, 0.2) is 0 Å². The topological polar surface area (TPSA) is 23.5 Å². The third-order valence-corrected chi connectivity index (χ3v) is 6.36. The summed E-state index contributed by atoms with van der Waals surface area (Å²) in [6.07, 6.45) is 6.88. The summed E-state index contributed by atoms with van der Waals surface area (Å²) in [5.41, 5.74) is 4.51. The molecule has 2 aromatic carbocycles. The number of fused-ring (bicyclic) bond motifs is 1. The number of rotatable bonds is 5. The molecule has 0 aromatic heterocycles. The second-order valence-electron chi connectivity index (χ2n) is 8.05. The van der Waals surface area contributed by atoms with Crippen LogP contribution in [0.1, 0.15) is 36.0 Å². The largest absolute Gasteiger partial charge is 0.396 e. The Morgan fingerprint density at radius 1 is 0.960 bits per heavy atom. The van der Waals surface area contributed by atoms with Gasteiger partial charge < -0.3 is 5.11 Å². The molecule has 0 radical (unpaired) electrons. The predicted octanol–water partition coefficient (Wildman–Crippen LogP) is 3.86. The van der Waals surface area contributed by atoms with Crippen molar-refractivity contribution >= 4 is 0 Å². The van der Waals surface area contributed by atoms with E-state index >= 15 is 0 Å². The lowest BCUT2D eigenvalue weighted by Gasteiger charge is -2.44. The van der Waals surface area contributed by atoms with Crippen LogP contribution in [-0.2, 0) is 19.3 Å². The number of aliphatic hydroxyl groups excluding tert-OH is 1. The van der Waals surface area contributed by atoms with E-state index in [1.807, 2.05) is 0 Å². The fourth-order valence-corrected chi connectivity index (χ4v) is 4.82. The Balaban J connectivity index is 1.42. The highest BCUT2D eigenvalue weighted by Crippen LogP contribution is 2.37. The molecule has 1 atom stereocenters. The highest BCUT2D eigenvalue weighted by atomic mass is 16.3. The number of piperidine rings is 1. The Hall–Kier alpha value is -1.64. The van der Waals surface area contributed by atoms with Crippen LogP contribution in [0.4, 0.5) is 0 Å². The molecular weight excluding hydrogens is 306 g/mol. The maximum Gasteiger partial charge on any atom is 0.0499 e. The lowest BCUT2D eigenvalue weighted by Crippen LogP contribution is -2.50. The maximum absolute atomic E-state index is 10.2. The van der Waals surface area contributed by atoms with Crippen LogP contribution in [0.2, 0.25) is 0 Å². The molecule has 2 aliphatic rings. The molecule has 1 aliphatic heterocycles. The number of hydrogen-bond acceptors (Lipinski definition) is 2. The van der Waals surface area contributed by atoms with Gasteiger partial charge in [-0.05, 0) is 61.8 Å². The molecule has 1 heterocycles. The number of benzene rings is 2. The zero-order chi connectivity index (χ0) is 17.1. The van der Waals surface area contributed by atoms with E-state index in [0.29, 0.717) is 12.6 Å². The molecular formula is C23H29NO. The van der Waals surface area contributed by atoms with Crippen LogP contribution in [-0.4, -0.2) is 35.7 Å². The fourth-order valence-electron chi connectivity index (χ4n) is 4.82.